The van der Waals surface area contributed by atoms with Crippen molar-refractivity contribution in [2.24, 2.45) is 5.41 Å². The molecule has 2 aliphatic heterocycles. The van der Waals surface area contributed by atoms with Gasteiger partial charge in [0.1, 0.15) is 11.6 Å². The molecule has 2 heterocycles. The Labute approximate surface area is 220 Å². The molecular weight excluding hydrogens is 467 g/mol. The van der Waals surface area contributed by atoms with Gasteiger partial charge in [0.2, 0.25) is 11.8 Å². The average molecular weight is 507 g/mol. The number of ether oxygens (including phenoxy) is 1. The quantitative estimate of drug-likeness (QED) is 0.482. The molecule has 2 aromatic rings. The zero-order chi connectivity index (χ0) is 25.7. The van der Waals surface area contributed by atoms with Gasteiger partial charge in [0, 0.05) is 38.0 Å². The minimum atomic E-state index is -0.603. The van der Waals surface area contributed by atoms with Crippen molar-refractivity contribution in [2.75, 3.05) is 32.8 Å². The Morgan fingerprint density at radius 2 is 1.46 bits per heavy atom. The number of nitrogens with zero attached hydrogens (tertiary/aromatic N) is 2. The van der Waals surface area contributed by atoms with Crippen molar-refractivity contribution in [3.63, 3.8) is 0 Å². The Morgan fingerprint density at radius 1 is 0.784 bits per heavy atom. The van der Waals surface area contributed by atoms with Crippen LogP contribution in [0, 0.1) is 11.2 Å². The number of carbonyl (C=O) groups is 2. The molecule has 0 unspecified atom stereocenters. The Hall–Kier alpha value is -2.89. The van der Waals surface area contributed by atoms with E-state index >= 15 is 0 Å². The molecule has 2 amide bonds. The molecule has 198 valence electrons. The zero-order valence-electron chi connectivity index (χ0n) is 21.8. The minimum Gasteiger partial charge on any atom is -0.493 e. The van der Waals surface area contributed by atoms with E-state index in [1.54, 1.807) is 12.1 Å². The molecule has 1 saturated carbocycles. The first kappa shape index (κ1) is 25.7. The second-order valence-corrected chi connectivity index (χ2v) is 11.3. The summed E-state index contributed by atoms with van der Waals surface area (Å²) in [5, 5.41) is 0. The van der Waals surface area contributed by atoms with E-state index in [2.05, 4.69) is 0 Å². The van der Waals surface area contributed by atoms with Crippen LogP contribution in [0.1, 0.15) is 69.8 Å². The van der Waals surface area contributed by atoms with Crippen LogP contribution in [0.15, 0.2) is 54.6 Å². The van der Waals surface area contributed by atoms with Gasteiger partial charge in [-0.15, -0.1) is 0 Å². The average Bonchev–Trinajstić information content (AvgIpc) is 3.44. The highest BCUT2D eigenvalue weighted by Gasteiger charge is 2.48. The summed E-state index contributed by atoms with van der Waals surface area (Å²) in [6.07, 6.45) is 8.95. The van der Waals surface area contributed by atoms with Crippen LogP contribution in [0.25, 0.3) is 0 Å². The molecule has 1 aliphatic carbocycles. The Morgan fingerprint density at radius 3 is 2.16 bits per heavy atom. The zero-order valence-corrected chi connectivity index (χ0v) is 21.8. The second kappa shape index (κ2) is 11.2. The van der Waals surface area contributed by atoms with Crippen LogP contribution in [-0.2, 0) is 15.0 Å². The maximum Gasteiger partial charge on any atom is 0.233 e. The highest BCUT2D eigenvalue weighted by molar-refractivity contribution is 5.89. The van der Waals surface area contributed by atoms with Crippen LogP contribution in [0.2, 0.25) is 0 Å². The van der Waals surface area contributed by atoms with E-state index in [4.69, 9.17) is 4.74 Å². The van der Waals surface area contributed by atoms with E-state index in [0.29, 0.717) is 26.1 Å². The van der Waals surface area contributed by atoms with E-state index in [-0.39, 0.29) is 17.6 Å². The predicted octanol–water partition coefficient (Wildman–Crippen LogP) is 5.73. The molecule has 2 saturated heterocycles. The van der Waals surface area contributed by atoms with Crippen molar-refractivity contribution in [2.45, 2.75) is 69.6 Å². The summed E-state index contributed by atoms with van der Waals surface area (Å²) in [7, 11) is 0. The SMILES string of the molecule is O=C(C[C@@]1(COc2ccccc2)CCCN(C(=O)C2(c3ccc(F)cc3)CCCC2)C1)N1CCCCC1. The van der Waals surface area contributed by atoms with Gasteiger partial charge in [0.25, 0.3) is 0 Å². The molecule has 1 atom stereocenters. The lowest BCUT2D eigenvalue weighted by atomic mass is 9.74. The summed E-state index contributed by atoms with van der Waals surface area (Å²) in [6.45, 7) is 3.26. The Balaban J connectivity index is 1.39. The smallest absolute Gasteiger partial charge is 0.233 e. The van der Waals surface area contributed by atoms with E-state index in [1.807, 2.05) is 40.1 Å². The number of piperidine rings is 2. The van der Waals surface area contributed by atoms with Crippen molar-refractivity contribution in [3.8, 4) is 5.75 Å². The summed E-state index contributed by atoms with van der Waals surface area (Å²) >= 11 is 0. The van der Waals surface area contributed by atoms with Gasteiger partial charge >= 0.3 is 0 Å². The van der Waals surface area contributed by atoms with Gasteiger partial charge in [-0.2, -0.15) is 0 Å². The number of benzene rings is 2. The van der Waals surface area contributed by atoms with Crippen LogP contribution in [-0.4, -0.2) is 54.4 Å². The second-order valence-electron chi connectivity index (χ2n) is 11.3. The van der Waals surface area contributed by atoms with Crippen LogP contribution >= 0.6 is 0 Å². The highest BCUT2D eigenvalue weighted by atomic mass is 19.1. The molecule has 5 rings (SSSR count). The lowest BCUT2D eigenvalue weighted by molar-refractivity contribution is -0.145. The number of hydrogen-bond acceptors (Lipinski definition) is 3. The molecule has 0 bridgehead atoms. The molecule has 0 radical (unpaired) electrons. The van der Waals surface area contributed by atoms with Crippen LogP contribution in [0.4, 0.5) is 4.39 Å². The lowest BCUT2D eigenvalue weighted by Crippen LogP contribution is -2.55. The molecular formula is C31H39FN2O3. The van der Waals surface area contributed by atoms with Gasteiger partial charge in [-0.25, -0.2) is 4.39 Å². The minimum absolute atomic E-state index is 0.130. The first-order chi connectivity index (χ1) is 18.0. The van der Waals surface area contributed by atoms with Crippen LogP contribution in [0.3, 0.4) is 0 Å². The van der Waals surface area contributed by atoms with Crippen molar-refractivity contribution in [1.82, 2.24) is 9.80 Å². The number of carbonyl (C=O) groups excluding carboxylic acids is 2. The number of likely N-dealkylation sites (tertiary alicyclic amines) is 2. The highest BCUT2D eigenvalue weighted by Crippen LogP contribution is 2.45. The van der Waals surface area contributed by atoms with Crippen molar-refractivity contribution >= 4 is 11.8 Å². The van der Waals surface area contributed by atoms with Crippen molar-refractivity contribution in [3.05, 3.63) is 66.0 Å². The first-order valence-electron chi connectivity index (χ1n) is 14.0. The summed E-state index contributed by atoms with van der Waals surface area (Å²) < 4.78 is 20.0. The fourth-order valence-electron chi connectivity index (χ4n) is 6.70. The van der Waals surface area contributed by atoms with E-state index in [1.165, 1.54) is 18.6 Å². The molecule has 37 heavy (non-hydrogen) atoms. The first-order valence-corrected chi connectivity index (χ1v) is 14.0. The standard InChI is InChI=1S/C31H39FN2O3/c32-26-14-12-25(13-15-26)31(17-5-6-18-31)29(36)34-21-9-16-30(23-34,24-37-27-10-3-1-4-11-27)22-28(35)33-19-7-2-8-20-33/h1,3-4,10-15H,2,5-9,16-24H2/t30-/m0/s1. The van der Waals surface area contributed by atoms with Gasteiger partial charge < -0.3 is 14.5 Å². The van der Waals surface area contributed by atoms with Crippen molar-refractivity contribution < 1.29 is 18.7 Å². The molecule has 5 nitrogen and oxygen atoms in total. The monoisotopic (exact) mass is 506 g/mol. The number of hydrogen-bond donors (Lipinski definition) is 0. The summed E-state index contributed by atoms with van der Waals surface area (Å²) in [5.74, 6) is 0.815. The maximum atomic E-state index is 14.3. The van der Waals surface area contributed by atoms with Gasteiger partial charge in [-0.3, -0.25) is 9.59 Å². The molecule has 3 aliphatic rings. The number of para-hydroxylation sites is 1. The fourth-order valence-corrected chi connectivity index (χ4v) is 6.70. The third-order valence-electron chi connectivity index (χ3n) is 8.74. The molecule has 0 spiro atoms. The van der Waals surface area contributed by atoms with E-state index in [9.17, 15) is 14.0 Å². The number of rotatable bonds is 7. The number of amides is 2. The summed E-state index contributed by atoms with van der Waals surface area (Å²) in [4.78, 5) is 31.7. The molecule has 0 N–H and O–H groups in total. The van der Waals surface area contributed by atoms with Crippen LogP contribution < -0.4 is 4.74 Å². The Bertz CT molecular complexity index is 1060. The van der Waals surface area contributed by atoms with Gasteiger partial charge in [0.05, 0.1) is 12.0 Å². The largest absolute Gasteiger partial charge is 0.493 e. The van der Waals surface area contributed by atoms with Gasteiger partial charge in [-0.1, -0.05) is 43.2 Å². The summed E-state index contributed by atoms with van der Waals surface area (Å²) in [6, 6.07) is 16.2. The Kier molecular flexibility index (Phi) is 7.82. The lowest BCUT2D eigenvalue weighted by Gasteiger charge is -2.46. The molecule has 0 aromatic heterocycles. The third-order valence-corrected chi connectivity index (χ3v) is 8.74. The molecule has 6 heteroatoms. The third kappa shape index (κ3) is 5.68. The van der Waals surface area contributed by atoms with Gasteiger partial charge in [0.15, 0.2) is 0 Å². The molecule has 3 fully saturated rings. The normalized spacial score (nSPS) is 23.6. The van der Waals surface area contributed by atoms with E-state index < -0.39 is 10.8 Å². The predicted molar refractivity (Wildman–Crippen MR) is 142 cm³/mol. The topological polar surface area (TPSA) is 49.9 Å². The summed E-state index contributed by atoms with van der Waals surface area (Å²) in [5.41, 5.74) is -0.119. The van der Waals surface area contributed by atoms with E-state index in [0.717, 1.165) is 75.8 Å². The van der Waals surface area contributed by atoms with Gasteiger partial charge in [-0.05, 0) is 74.8 Å². The van der Waals surface area contributed by atoms with Crippen molar-refractivity contribution in [1.29, 1.82) is 0 Å². The van der Waals surface area contributed by atoms with Crippen LogP contribution in [0.5, 0.6) is 5.75 Å². The molecule has 2 aromatic carbocycles. The fraction of sp³-hybridized carbons (Fsp3) is 0.548. The maximum absolute atomic E-state index is 14.3. The number of halogens is 1.